The van der Waals surface area contributed by atoms with E-state index in [-0.39, 0.29) is 30.4 Å². The molecule has 0 spiro atoms. The number of carbonyl (C=O) groups excluding carboxylic acids is 2. The molecular weight excluding hydrogens is 365 g/mol. The molecule has 1 aromatic carbocycles. The molecule has 0 aliphatic carbocycles. The maximum absolute atomic E-state index is 12.7. The first kappa shape index (κ1) is 19.1. The lowest BCUT2D eigenvalue weighted by Crippen LogP contribution is -2.38. The van der Waals surface area contributed by atoms with Gasteiger partial charge >= 0.3 is 6.18 Å². The number of amides is 2. The number of rotatable bonds is 5. The highest BCUT2D eigenvalue weighted by atomic mass is 32.2. The van der Waals surface area contributed by atoms with Crippen molar-refractivity contribution in [3.63, 3.8) is 0 Å². The van der Waals surface area contributed by atoms with E-state index in [0.29, 0.717) is 19.4 Å². The zero-order valence-electron chi connectivity index (χ0n) is 14.2. The highest BCUT2D eigenvalue weighted by molar-refractivity contribution is 8.00. The summed E-state index contributed by atoms with van der Waals surface area (Å²) in [5, 5.41) is 1.29. The summed E-state index contributed by atoms with van der Waals surface area (Å²) >= 11 is 0.846. The molecule has 3 rings (SSSR count). The minimum atomic E-state index is -4.22. The Morgan fingerprint density at radius 3 is 2.77 bits per heavy atom. The fraction of sp³-hybridized carbons (Fsp3) is 0.556. The number of hydrogen-bond donors (Lipinski definition) is 1. The van der Waals surface area contributed by atoms with Gasteiger partial charge in [0.05, 0.1) is 0 Å². The lowest BCUT2D eigenvalue weighted by molar-refractivity contribution is -0.131. The summed E-state index contributed by atoms with van der Waals surface area (Å²) in [4.78, 5) is 25.9. The smallest absolute Gasteiger partial charge is 0.352 e. The lowest BCUT2D eigenvalue weighted by Gasteiger charge is -2.29. The molecule has 0 radical (unpaired) electrons. The van der Waals surface area contributed by atoms with Crippen LogP contribution >= 0.6 is 11.8 Å². The number of alkyl halides is 3. The van der Waals surface area contributed by atoms with Gasteiger partial charge in [-0.3, -0.25) is 9.59 Å². The van der Waals surface area contributed by atoms with Crippen molar-refractivity contribution in [1.29, 1.82) is 0 Å². The van der Waals surface area contributed by atoms with Crippen LogP contribution in [0.4, 0.5) is 18.9 Å². The van der Waals surface area contributed by atoms with E-state index in [1.165, 1.54) is 0 Å². The minimum Gasteiger partial charge on any atom is -0.352 e. The van der Waals surface area contributed by atoms with E-state index in [0.717, 1.165) is 29.4 Å². The highest BCUT2D eigenvalue weighted by Crippen LogP contribution is 2.39. The van der Waals surface area contributed by atoms with Crippen LogP contribution in [0.1, 0.15) is 31.2 Å². The first-order valence-corrected chi connectivity index (χ1v) is 9.75. The Hall–Kier alpha value is -1.70. The molecule has 2 amide bonds. The van der Waals surface area contributed by atoms with Crippen LogP contribution in [-0.4, -0.2) is 41.6 Å². The van der Waals surface area contributed by atoms with Crippen LogP contribution in [0.3, 0.4) is 0 Å². The van der Waals surface area contributed by atoms with Crippen LogP contribution in [0.2, 0.25) is 0 Å². The highest BCUT2D eigenvalue weighted by Gasteiger charge is 2.45. The van der Waals surface area contributed by atoms with Crippen molar-refractivity contribution in [3.05, 3.63) is 29.8 Å². The molecule has 1 fully saturated rings. The predicted octanol–water partition coefficient (Wildman–Crippen LogP) is 3.30. The van der Waals surface area contributed by atoms with Gasteiger partial charge in [0.2, 0.25) is 11.8 Å². The van der Waals surface area contributed by atoms with Crippen molar-refractivity contribution in [3.8, 4) is 0 Å². The molecule has 4 nitrogen and oxygen atoms in total. The average molecular weight is 386 g/mol. The third kappa shape index (κ3) is 4.52. The Bertz CT molecular complexity index is 681. The number of anilines is 1. The van der Waals surface area contributed by atoms with Crippen LogP contribution in [0, 0.1) is 0 Å². The Balaban J connectivity index is 1.45. The molecule has 0 saturated carbocycles. The molecule has 2 aliphatic heterocycles. The number of aryl methyl sites for hydroxylation is 1. The van der Waals surface area contributed by atoms with Gasteiger partial charge in [0.1, 0.15) is 5.25 Å². The van der Waals surface area contributed by atoms with Crippen molar-refractivity contribution >= 4 is 29.3 Å². The molecule has 0 bridgehead atoms. The number of halogens is 3. The third-order valence-electron chi connectivity index (χ3n) is 4.70. The van der Waals surface area contributed by atoms with Crippen molar-refractivity contribution in [2.24, 2.45) is 0 Å². The van der Waals surface area contributed by atoms with Crippen molar-refractivity contribution in [1.82, 2.24) is 5.32 Å². The number of nitrogens with zero attached hydrogens (tertiary/aromatic N) is 1. The first-order valence-electron chi connectivity index (χ1n) is 8.70. The van der Waals surface area contributed by atoms with E-state index in [2.05, 4.69) is 5.32 Å². The average Bonchev–Trinajstić information content (AvgIpc) is 3.05. The Labute approximate surface area is 154 Å². The molecule has 2 atom stereocenters. The maximum Gasteiger partial charge on any atom is 0.400 e. The van der Waals surface area contributed by atoms with E-state index in [4.69, 9.17) is 0 Å². The molecule has 1 N–H and O–H groups in total. The Morgan fingerprint density at radius 1 is 1.27 bits per heavy atom. The quantitative estimate of drug-likeness (QED) is 0.845. The van der Waals surface area contributed by atoms with Crippen molar-refractivity contribution in [2.45, 2.75) is 49.6 Å². The van der Waals surface area contributed by atoms with E-state index in [1.807, 2.05) is 24.3 Å². The topological polar surface area (TPSA) is 49.4 Å². The van der Waals surface area contributed by atoms with Crippen LogP contribution in [-0.2, 0) is 16.0 Å². The standard InChI is InChI=1S/C18H21F3N2O2S/c19-18(20,21)15-10-13(11-26-15)22-16(24)6-3-9-23-14-5-2-1-4-12(14)7-8-17(23)25/h1-2,4-5,13,15H,3,6-11H2,(H,22,24). The minimum absolute atomic E-state index is 0.0457. The molecule has 1 aromatic rings. The summed E-state index contributed by atoms with van der Waals surface area (Å²) in [6, 6.07) is 7.28. The third-order valence-corrected chi connectivity index (χ3v) is 6.16. The molecule has 2 aliphatic rings. The molecule has 26 heavy (non-hydrogen) atoms. The summed E-state index contributed by atoms with van der Waals surface area (Å²) in [5.41, 5.74) is 2.02. The zero-order valence-corrected chi connectivity index (χ0v) is 15.0. The number of para-hydroxylation sites is 1. The van der Waals surface area contributed by atoms with Gasteiger partial charge in [-0.25, -0.2) is 0 Å². The number of benzene rings is 1. The second kappa shape index (κ2) is 7.90. The van der Waals surface area contributed by atoms with E-state index in [1.54, 1.807) is 4.90 Å². The summed E-state index contributed by atoms with van der Waals surface area (Å²) in [6.07, 6.45) is -2.42. The first-order chi connectivity index (χ1) is 12.3. The fourth-order valence-electron chi connectivity index (χ4n) is 3.39. The molecule has 142 valence electrons. The fourth-order valence-corrected chi connectivity index (χ4v) is 4.64. The van der Waals surface area contributed by atoms with Gasteiger partial charge in [0.25, 0.3) is 0 Å². The van der Waals surface area contributed by atoms with Crippen molar-refractivity contribution < 1.29 is 22.8 Å². The van der Waals surface area contributed by atoms with Crippen LogP contribution in [0.15, 0.2) is 24.3 Å². The largest absolute Gasteiger partial charge is 0.400 e. The second-order valence-corrected chi connectivity index (χ2v) is 7.88. The predicted molar refractivity (Wildman–Crippen MR) is 95.2 cm³/mol. The normalized spacial score (nSPS) is 23.0. The zero-order chi connectivity index (χ0) is 18.7. The number of thioether (sulfide) groups is 1. The van der Waals surface area contributed by atoms with E-state index in [9.17, 15) is 22.8 Å². The van der Waals surface area contributed by atoms with Crippen LogP contribution in [0.5, 0.6) is 0 Å². The van der Waals surface area contributed by atoms with Gasteiger partial charge in [-0.15, -0.1) is 11.8 Å². The number of carbonyl (C=O) groups is 2. The summed E-state index contributed by atoms with van der Waals surface area (Å²) in [7, 11) is 0. The maximum atomic E-state index is 12.7. The van der Waals surface area contributed by atoms with E-state index >= 15 is 0 Å². The van der Waals surface area contributed by atoms with Crippen molar-refractivity contribution in [2.75, 3.05) is 17.2 Å². The summed E-state index contributed by atoms with van der Waals surface area (Å²) in [5.74, 6) is 0.0777. The monoisotopic (exact) mass is 386 g/mol. The second-order valence-electron chi connectivity index (χ2n) is 6.64. The van der Waals surface area contributed by atoms with Crippen LogP contribution < -0.4 is 10.2 Å². The molecule has 2 heterocycles. The van der Waals surface area contributed by atoms with Gasteiger partial charge in [-0.1, -0.05) is 18.2 Å². The Morgan fingerprint density at radius 2 is 2.04 bits per heavy atom. The van der Waals surface area contributed by atoms with Gasteiger partial charge in [0, 0.05) is 36.9 Å². The molecule has 0 aromatic heterocycles. The number of fused-ring (bicyclic) bond motifs is 1. The number of nitrogens with one attached hydrogen (secondary N) is 1. The summed E-state index contributed by atoms with van der Waals surface area (Å²) in [6.45, 7) is 0.438. The summed E-state index contributed by atoms with van der Waals surface area (Å²) < 4.78 is 38.0. The van der Waals surface area contributed by atoms with Gasteiger partial charge in [-0.05, 0) is 30.9 Å². The SMILES string of the molecule is O=C(CCCN1C(=O)CCc2ccccc21)NC1CSC(C(F)(F)F)C1. The van der Waals surface area contributed by atoms with Gasteiger partial charge < -0.3 is 10.2 Å². The van der Waals surface area contributed by atoms with Gasteiger partial charge in [-0.2, -0.15) is 13.2 Å². The molecule has 8 heteroatoms. The number of hydrogen-bond acceptors (Lipinski definition) is 3. The Kier molecular flexibility index (Phi) is 5.79. The molecule has 1 saturated heterocycles. The van der Waals surface area contributed by atoms with Gasteiger partial charge in [0.15, 0.2) is 0 Å². The molecular formula is C18H21F3N2O2S. The van der Waals surface area contributed by atoms with E-state index < -0.39 is 17.5 Å². The molecule has 2 unspecified atom stereocenters. The lowest BCUT2D eigenvalue weighted by atomic mass is 10.0. The van der Waals surface area contributed by atoms with Crippen LogP contribution in [0.25, 0.3) is 0 Å².